The number of rotatable bonds is 5. The molecule has 9 unspecified atom stereocenters. The van der Waals surface area contributed by atoms with Crippen molar-refractivity contribution in [1.82, 2.24) is 0 Å². The van der Waals surface area contributed by atoms with E-state index in [1.807, 2.05) is 26.0 Å². The van der Waals surface area contributed by atoms with Crippen LogP contribution in [0, 0.1) is 11.8 Å². The maximum Gasteiger partial charge on any atom is 0.311 e. The van der Waals surface area contributed by atoms with Crippen molar-refractivity contribution in [3.8, 4) is 0 Å². The highest BCUT2D eigenvalue weighted by Gasteiger charge is 2.50. The van der Waals surface area contributed by atoms with E-state index in [9.17, 15) is 50.1 Å². The van der Waals surface area contributed by atoms with Gasteiger partial charge in [0.25, 0.3) is 0 Å². The highest BCUT2D eigenvalue weighted by molar-refractivity contribution is 5.80. The van der Waals surface area contributed by atoms with E-state index < -0.39 is 104 Å². The van der Waals surface area contributed by atoms with Gasteiger partial charge in [-0.05, 0) is 25.7 Å². The van der Waals surface area contributed by atoms with E-state index in [0.29, 0.717) is 6.42 Å². The van der Waals surface area contributed by atoms with Gasteiger partial charge in [0.15, 0.2) is 12.1 Å². The Morgan fingerprint density at radius 1 is 0.964 bits per heavy atom. The molecule has 3 aliphatic rings. The van der Waals surface area contributed by atoms with E-state index in [1.165, 1.54) is 0 Å². The van der Waals surface area contributed by atoms with E-state index in [1.54, 1.807) is 55.5 Å². The number of esters is 1. The topological polar surface area (TPSA) is 256 Å². The van der Waals surface area contributed by atoms with Crippen LogP contribution >= 0.6 is 0 Å². The zero-order valence-corrected chi connectivity index (χ0v) is 31.9. The number of carbonyl (C=O) groups is 3. The van der Waals surface area contributed by atoms with Crippen molar-refractivity contribution >= 4 is 17.7 Å². The maximum atomic E-state index is 12.6. The van der Waals surface area contributed by atoms with Crippen LogP contribution in [0.15, 0.2) is 60.8 Å². The fourth-order valence-corrected chi connectivity index (χ4v) is 6.89. The Balaban J connectivity index is 1.88. The molecule has 3 rings (SSSR count). The number of carboxylic acids is 1. The summed E-state index contributed by atoms with van der Waals surface area (Å²) in [5.74, 6) is -5.93. The number of allylic oxidation sites excluding steroid dienone is 8. The van der Waals surface area contributed by atoms with E-state index in [0.717, 1.165) is 6.42 Å². The molecule has 310 valence electrons. The highest BCUT2D eigenvalue weighted by atomic mass is 16.7. The van der Waals surface area contributed by atoms with Gasteiger partial charge in [-0.3, -0.25) is 14.4 Å². The molecule has 0 radical (unpaired) electrons. The summed E-state index contributed by atoms with van der Waals surface area (Å²) in [5, 5.41) is 74.7. The van der Waals surface area contributed by atoms with Crippen LogP contribution in [0.4, 0.5) is 0 Å². The third-order valence-electron chi connectivity index (χ3n) is 10.3. The summed E-state index contributed by atoms with van der Waals surface area (Å²) < 4.78 is 23.3. The Morgan fingerprint density at radius 2 is 1.62 bits per heavy atom. The van der Waals surface area contributed by atoms with Gasteiger partial charge in [0.1, 0.15) is 23.9 Å². The second-order valence-electron chi connectivity index (χ2n) is 14.9. The molecular weight excluding hydrogens is 718 g/mol. The maximum absolute atomic E-state index is 12.6. The first-order valence-corrected chi connectivity index (χ1v) is 19.2. The number of aliphatic hydroxyl groups excluding tert-OH is 5. The van der Waals surface area contributed by atoms with Crippen molar-refractivity contribution in [1.29, 1.82) is 0 Å². The zero-order valence-electron chi connectivity index (χ0n) is 31.9. The molecule has 2 bridgehead atoms. The van der Waals surface area contributed by atoms with Crippen molar-refractivity contribution < 1.29 is 69.1 Å². The fourth-order valence-electron chi connectivity index (χ4n) is 6.89. The quantitative estimate of drug-likeness (QED) is 0.185. The van der Waals surface area contributed by atoms with Crippen LogP contribution in [-0.2, 0) is 33.3 Å². The number of aliphatic hydroxyl groups is 6. The summed E-state index contributed by atoms with van der Waals surface area (Å²) in [5.41, 5.74) is 6.00. The predicted molar refractivity (Wildman–Crippen MR) is 200 cm³/mol. The summed E-state index contributed by atoms with van der Waals surface area (Å²) in [6, 6.07) is -1.10. The zero-order chi connectivity index (χ0) is 40.7. The van der Waals surface area contributed by atoms with Crippen LogP contribution in [0.25, 0.3) is 0 Å². The van der Waals surface area contributed by atoms with E-state index >= 15 is 0 Å². The molecule has 55 heavy (non-hydrogen) atoms. The van der Waals surface area contributed by atoms with Crippen molar-refractivity contribution in [3.05, 3.63) is 60.8 Å². The van der Waals surface area contributed by atoms with Gasteiger partial charge in [0.2, 0.25) is 0 Å². The van der Waals surface area contributed by atoms with E-state index in [4.69, 9.17) is 24.7 Å². The first kappa shape index (κ1) is 46.3. The number of nitrogens with two attached hydrogens (primary N) is 1. The Morgan fingerprint density at radius 3 is 2.27 bits per heavy atom. The van der Waals surface area contributed by atoms with Gasteiger partial charge in [-0.25, -0.2) is 0 Å². The summed E-state index contributed by atoms with van der Waals surface area (Å²) in [4.78, 5) is 37.6. The van der Waals surface area contributed by atoms with Crippen LogP contribution in [0.2, 0.25) is 0 Å². The van der Waals surface area contributed by atoms with Crippen LogP contribution in [-0.4, -0.2) is 127 Å². The lowest BCUT2D eigenvalue weighted by Crippen LogP contribution is -2.61. The van der Waals surface area contributed by atoms with Gasteiger partial charge in [0.05, 0.1) is 55.2 Å². The molecule has 3 aliphatic heterocycles. The largest absolute Gasteiger partial charge is 0.481 e. The highest BCUT2D eigenvalue weighted by Crippen LogP contribution is 2.38. The predicted octanol–water partition coefficient (Wildman–Crippen LogP) is 1.87. The fraction of sp³-hybridized carbons (Fsp3) is 0.675. The van der Waals surface area contributed by atoms with Crippen LogP contribution in [0.3, 0.4) is 0 Å². The number of carbonyl (C=O) groups excluding carboxylic acids is 2. The molecule has 0 spiro atoms. The standard InChI is InChI=1S/C40H61NO14/c1-4-24(2)31-18-13-11-9-7-5-6-8-10-12-17-29(53-39-37(48)35(41)36(47)25(3)52-39)21-32-34(38(49)50)30(45)23-40(51,55-32)22-27(43)16-14-15-26(42)19-28(44)20-33(46)54-31/h5-13,17,24-25,27-32,34-37,39,43-45,47-48,51H,4,14-16,18-23,41H2,1-3H3,(H,49,50)/b6-5-,9-7-,10-8+,13-11?,17-12?/t24?,25-,27?,28?,29?,30?,31?,32?,34?,35+,36-,37+,39+,40?/m1/s1. The van der Waals surface area contributed by atoms with Crippen molar-refractivity contribution in [2.45, 2.75) is 158 Å². The molecule has 15 nitrogen and oxygen atoms in total. The van der Waals surface area contributed by atoms with E-state index in [2.05, 4.69) is 0 Å². The van der Waals surface area contributed by atoms with Gasteiger partial charge < -0.3 is 60.4 Å². The Labute approximate surface area is 322 Å². The molecule has 14 atom stereocenters. The minimum atomic E-state index is -2.16. The lowest BCUT2D eigenvalue weighted by atomic mass is 9.83. The van der Waals surface area contributed by atoms with Gasteiger partial charge >= 0.3 is 11.9 Å². The molecule has 0 aliphatic carbocycles. The lowest BCUT2D eigenvalue weighted by molar-refractivity contribution is -0.308. The molecule has 0 saturated carbocycles. The number of Topliss-reactive ketones (excluding diaryl/α,β-unsaturated/α-hetero) is 1. The second kappa shape index (κ2) is 22.6. The molecule has 0 aromatic carbocycles. The van der Waals surface area contributed by atoms with Crippen LogP contribution in [0.5, 0.6) is 0 Å². The Hall–Kier alpha value is -3.09. The van der Waals surface area contributed by atoms with Crippen molar-refractivity contribution in [2.24, 2.45) is 17.6 Å². The summed E-state index contributed by atoms with van der Waals surface area (Å²) >= 11 is 0. The van der Waals surface area contributed by atoms with Gasteiger partial charge in [-0.2, -0.15) is 0 Å². The first-order valence-electron chi connectivity index (χ1n) is 19.2. The second-order valence-corrected chi connectivity index (χ2v) is 14.9. The third kappa shape index (κ3) is 15.1. The van der Waals surface area contributed by atoms with Gasteiger partial charge in [-0.15, -0.1) is 0 Å². The summed E-state index contributed by atoms with van der Waals surface area (Å²) in [7, 11) is 0. The molecule has 3 heterocycles. The molecule has 0 aromatic heterocycles. The van der Waals surface area contributed by atoms with Gasteiger partial charge in [0, 0.05) is 38.5 Å². The average Bonchev–Trinajstić information content (AvgIpc) is 3.09. The smallest absolute Gasteiger partial charge is 0.311 e. The number of fused-ring (bicyclic) bond motifs is 2. The van der Waals surface area contributed by atoms with Crippen LogP contribution < -0.4 is 5.73 Å². The molecule has 15 heteroatoms. The number of carboxylic acid groups (broad SMARTS) is 1. The summed E-state index contributed by atoms with van der Waals surface area (Å²) in [6.45, 7) is 5.51. The van der Waals surface area contributed by atoms with E-state index in [-0.39, 0.29) is 50.2 Å². The third-order valence-corrected chi connectivity index (χ3v) is 10.3. The first-order chi connectivity index (χ1) is 26.0. The van der Waals surface area contributed by atoms with Crippen LogP contribution in [0.1, 0.15) is 85.0 Å². The number of hydrogen-bond acceptors (Lipinski definition) is 14. The number of ketones is 1. The van der Waals surface area contributed by atoms with Crippen molar-refractivity contribution in [2.75, 3.05) is 0 Å². The molecule has 2 saturated heterocycles. The number of aliphatic carboxylic acids is 1. The molecule has 2 fully saturated rings. The Kier molecular flexibility index (Phi) is 19.0. The molecule has 9 N–H and O–H groups in total. The lowest BCUT2D eigenvalue weighted by Gasteiger charge is -2.45. The minimum Gasteiger partial charge on any atom is -0.481 e. The van der Waals surface area contributed by atoms with Crippen molar-refractivity contribution in [3.63, 3.8) is 0 Å². The van der Waals surface area contributed by atoms with Gasteiger partial charge in [-0.1, -0.05) is 81.0 Å². The number of ether oxygens (including phenoxy) is 4. The average molecular weight is 780 g/mol. The normalized spacial score (nSPS) is 40.5. The number of hydrogen-bond donors (Lipinski definition) is 8. The molecule has 0 aromatic rings. The number of cyclic esters (lactones) is 1. The molecule has 0 amide bonds. The summed E-state index contributed by atoms with van der Waals surface area (Å²) in [6.07, 6.45) is 5.42. The minimum absolute atomic E-state index is 0.0218. The molecular formula is C40H61NO14. The SMILES string of the molecule is CCC(C)C1CC=C\C=C/C=C\C=C\C=CC(O[C@@H]2O[C@H](C)[C@@H](O)[C@H](N)[C@@H]2O)CC2OC(O)(CC(O)CCCC(=O)CC(O)CC(=O)O1)CC(O)C2C(=O)O. The monoisotopic (exact) mass is 779 g/mol. The Bertz CT molecular complexity index is 1380.